The first-order valence-electron chi connectivity index (χ1n) is 4.77. The Balaban J connectivity index is 2.24. The number of hydrogen-bond acceptors (Lipinski definition) is 3. The van der Waals surface area contributed by atoms with Crippen molar-refractivity contribution in [1.82, 2.24) is 0 Å². The molecule has 0 saturated heterocycles. The molecule has 16 heavy (non-hydrogen) atoms. The molecule has 2 nitrogen and oxygen atoms in total. The van der Waals surface area contributed by atoms with E-state index in [4.69, 9.17) is 5.73 Å². The molecule has 2 rings (SSSR count). The third-order valence-electron chi connectivity index (χ3n) is 2.23. The third kappa shape index (κ3) is 2.51. The van der Waals surface area contributed by atoms with Gasteiger partial charge in [0.15, 0.2) is 5.78 Å². The zero-order valence-corrected chi connectivity index (χ0v) is 10.8. The van der Waals surface area contributed by atoms with Crippen molar-refractivity contribution in [2.75, 3.05) is 5.73 Å². The summed E-state index contributed by atoms with van der Waals surface area (Å²) in [6, 6.07) is 9.24. The second-order valence-corrected chi connectivity index (χ2v) is 5.36. The van der Waals surface area contributed by atoms with E-state index in [1.807, 2.05) is 23.6 Å². The minimum atomic E-state index is 0.0567. The van der Waals surface area contributed by atoms with Crippen LogP contribution >= 0.6 is 27.3 Å². The van der Waals surface area contributed by atoms with Gasteiger partial charge in [-0.25, -0.2) is 0 Å². The van der Waals surface area contributed by atoms with Crippen molar-refractivity contribution in [3.05, 3.63) is 50.6 Å². The van der Waals surface area contributed by atoms with E-state index in [1.54, 1.807) is 23.5 Å². The van der Waals surface area contributed by atoms with E-state index >= 15 is 0 Å². The maximum Gasteiger partial charge on any atom is 0.170 e. The molecule has 0 fully saturated rings. The summed E-state index contributed by atoms with van der Waals surface area (Å²) < 4.78 is 0.872. The summed E-state index contributed by atoms with van der Waals surface area (Å²) in [5.74, 6) is 0.0567. The highest BCUT2D eigenvalue weighted by Crippen LogP contribution is 2.21. The van der Waals surface area contributed by atoms with Gasteiger partial charge in [0, 0.05) is 27.0 Å². The van der Waals surface area contributed by atoms with Crippen molar-refractivity contribution in [3.63, 3.8) is 0 Å². The molecule has 2 N–H and O–H groups in total. The summed E-state index contributed by atoms with van der Waals surface area (Å²) in [5, 5.41) is 1.97. The second kappa shape index (κ2) is 4.80. The number of thiophene rings is 1. The van der Waals surface area contributed by atoms with Crippen LogP contribution in [0.1, 0.15) is 15.2 Å². The average Bonchev–Trinajstić information content (AvgIpc) is 2.74. The third-order valence-corrected chi connectivity index (χ3v) is 3.60. The number of Topliss-reactive ketones (excluding diaryl/α,β-unsaturated/α-hetero) is 1. The molecule has 82 valence electrons. The normalized spacial score (nSPS) is 10.3. The molecule has 0 aliphatic carbocycles. The average molecular weight is 296 g/mol. The standard InChI is InChI=1S/C12H10BrNOS/c13-8-3-4-11(14)10(6-8)12(15)7-9-2-1-5-16-9/h1-6H,7,14H2. The Morgan fingerprint density at radius 3 is 2.88 bits per heavy atom. The number of nitrogen functional groups attached to an aromatic ring is 1. The Kier molecular flexibility index (Phi) is 3.41. The van der Waals surface area contributed by atoms with Gasteiger partial charge in [0.25, 0.3) is 0 Å². The van der Waals surface area contributed by atoms with Gasteiger partial charge in [-0.1, -0.05) is 22.0 Å². The number of carbonyl (C=O) groups excluding carboxylic acids is 1. The van der Waals surface area contributed by atoms with Crippen LogP contribution in [0.15, 0.2) is 40.2 Å². The lowest BCUT2D eigenvalue weighted by atomic mass is 10.1. The van der Waals surface area contributed by atoms with Gasteiger partial charge < -0.3 is 5.73 Å². The van der Waals surface area contributed by atoms with Crippen LogP contribution in [0.3, 0.4) is 0 Å². The van der Waals surface area contributed by atoms with E-state index < -0.39 is 0 Å². The maximum atomic E-state index is 12.0. The lowest BCUT2D eigenvalue weighted by Crippen LogP contribution is -2.06. The van der Waals surface area contributed by atoms with Crippen molar-refractivity contribution >= 4 is 38.7 Å². The molecule has 0 unspecified atom stereocenters. The summed E-state index contributed by atoms with van der Waals surface area (Å²) in [5.41, 5.74) is 6.90. The fourth-order valence-corrected chi connectivity index (χ4v) is 2.50. The summed E-state index contributed by atoms with van der Waals surface area (Å²) in [7, 11) is 0. The van der Waals surface area contributed by atoms with Crippen molar-refractivity contribution in [3.8, 4) is 0 Å². The Labute approximate surface area is 106 Å². The predicted molar refractivity (Wildman–Crippen MR) is 70.9 cm³/mol. The van der Waals surface area contributed by atoms with Crippen LogP contribution < -0.4 is 5.73 Å². The highest BCUT2D eigenvalue weighted by atomic mass is 79.9. The molecule has 0 radical (unpaired) electrons. The van der Waals surface area contributed by atoms with Gasteiger partial charge in [-0.3, -0.25) is 4.79 Å². The first-order valence-corrected chi connectivity index (χ1v) is 6.44. The number of hydrogen-bond donors (Lipinski definition) is 1. The fraction of sp³-hybridized carbons (Fsp3) is 0.0833. The number of carbonyl (C=O) groups is 1. The Bertz CT molecular complexity index is 508. The number of anilines is 1. The van der Waals surface area contributed by atoms with Crippen LogP contribution in [-0.2, 0) is 6.42 Å². The van der Waals surface area contributed by atoms with Gasteiger partial charge in [-0.2, -0.15) is 0 Å². The molecule has 1 aromatic carbocycles. The summed E-state index contributed by atoms with van der Waals surface area (Å²) in [6.07, 6.45) is 0.415. The molecular formula is C12H10BrNOS. The number of nitrogens with two attached hydrogens (primary N) is 1. The minimum Gasteiger partial charge on any atom is -0.398 e. The van der Waals surface area contributed by atoms with Gasteiger partial charge in [-0.05, 0) is 29.6 Å². The van der Waals surface area contributed by atoms with Crippen LogP contribution in [-0.4, -0.2) is 5.78 Å². The Morgan fingerprint density at radius 1 is 1.38 bits per heavy atom. The zero-order chi connectivity index (χ0) is 11.5. The fourth-order valence-electron chi connectivity index (χ4n) is 1.44. The van der Waals surface area contributed by atoms with E-state index in [1.165, 1.54) is 0 Å². The van der Waals surface area contributed by atoms with Crippen molar-refractivity contribution in [1.29, 1.82) is 0 Å². The number of rotatable bonds is 3. The molecule has 2 aromatic rings. The molecule has 0 atom stereocenters. The smallest absolute Gasteiger partial charge is 0.170 e. The lowest BCUT2D eigenvalue weighted by molar-refractivity contribution is 0.0994. The monoisotopic (exact) mass is 295 g/mol. The quantitative estimate of drug-likeness (QED) is 0.695. The molecule has 0 spiro atoms. The molecule has 1 heterocycles. The number of ketones is 1. The molecule has 0 aliphatic rings. The van der Waals surface area contributed by atoms with E-state index in [9.17, 15) is 4.79 Å². The van der Waals surface area contributed by atoms with E-state index in [2.05, 4.69) is 15.9 Å². The van der Waals surface area contributed by atoms with Gasteiger partial charge >= 0.3 is 0 Å². The molecule has 4 heteroatoms. The lowest BCUT2D eigenvalue weighted by Gasteiger charge is -2.04. The number of benzene rings is 1. The van der Waals surface area contributed by atoms with Crippen LogP contribution in [0.2, 0.25) is 0 Å². The largest absolute Gasteiger partial charge is 0.398 e. The SMILES string of the molecule is Nc1ccc(Br)cc1C(=O)Cc1cccs1. The van der Waals surface area contributed by atoms with Crippen molar-refractivity contribution < 1.29 is 4.79 Å². The first-order chi connectivity index (χ1) is 7.66. The van der Waals surface area contributed by atoms with Gasteiger partial charge in [0.05, 0.1) is 0 Å². The molecule has 1 aromatic heterocycles. The molecule has 0 bridgehead atoms. The minimum absolute atomic E-state index is 0.0567. The maximum absolute atomic E-state index is 12.0. The van der Waals surface area contributed by atoms with E-state index in [-0.39, 0.29) is 5.78 Å². The first kappa shape index (κ1) is 11.4. The zero-order valence-electron chi connectivity index (χ0n) is 8.44. The van der Waals surface area contributed by atoms with Crippen molar-refractivity contribution in [2.24, 2.45) is 0 Å². The Morgan fingerprint density at radius 2 is 2.19 bits per heavy atom. The summed E-state index contributed by atoms with van der Waals surface area (Å²) in [6.45, 7) is 0. The predicted octanol–water partition coefficient (Wildman–Crippen LogP) is 3.52. The molecule has 0 amide bonds. The molecule has 0 saturated carbocycles. The van der Waals surface area contributed by atoms with Crippen LogP contribution in [0.25, 0.3) is 0 Å². The van der Waals surface area contributed by atoms with E-state index in [0.717, 1.165) is 9.35 Å². The van der Waals surface area contributed by atoms with Gasteiger partial charge in [0.2, 0.25) is 0 Å². The highest BCUT2D eigenvalue weighted by Gasteiger charge is 2.11. The van der Waals surface area contributed by atoms with Gasteiger partial charge in [0.1, 0.15) is 0 Å². The van der Waals surface area contributed by atoms with Gasteiger partial charge in [-0.15, -0.1) is 11.3 Å². The summed E-state index contributed by atoms with van der Waals surface area (Å²) >= 11 is 4.92. The number of halogens is 1. The van der Waals surface area contributed by atoms with Crippen LogP contribution in [0, 0.1) is 0 Å². The topological polar surface area (TPSA) is 43.1 Å². The molecular weight excluding hydrogens is 286 g/mol. The second-order valence-electron chi connectivity index (χ2n) is 3.41. The van der Waals surface area contributed by atoms with Crippen molar-refractivity contribution in [2.45, 2.75) is 6.42 Å². The van der Waals surface area contributed by atoms with Crippen LogP contribution in [0.4, 0.5) is 5.69 Å². The molecule has 0 aliphatic heterocycles. The van der Waals surface area contributed by atoms with Crippen LogP contribution in [0.5, 0.6) is 0 Å². The Hall–Kier alpha value is -1.13. The highest BCUT2D eigenvalue weighted by molar-refractivity contribution is 9.10. The van der Waals surface area contributed by atoms with E-state index in [0.29, 0.717) is 17.7 Å². The summed E-state index contributed by atoms with van der Waals surface area (Å²) in [4.78, 5) is 13.1.